The molecule has 1 aliphatic carbocycles. The van der Waals surface area contributed by atoms with Crippen molar-refractivity contribution in [3.05, 3.63) is 0 Å². The van der Waals surface area contributed by atoms with Crippen LogP contribution in [0.5, 0.6) is 0 Å². The molecule has 2 heterocycles. The van der Waals surface area contributed by atoms with Gasteiger partial charge in [-0.1, -0.05) is 0 Å². The maximum Gasteiger partial charge on any atom is 0.312 e. The van der Waals surface area contributed by atoms with E-state index in [1.165, 1.54) is 0 Å². The molecule has 1 saturated carbocycles. The third kappa shape index (κ3) is 6.02. The lowest BCUT2D eigenvalue weighted by atomic mass is 9.85. The molecule has 0 spiro atoms. The fraction of sp³-hybridized carbons (Fsp3) is 0.762. The van der Waals surface area contributed by atoms with Crippen molar-refractivity contribution in [1.29, 1.82) is 0 Å². The van der Waals surface area contributed by atoms with E-state index in [-0.39, 0.29) is 6.42 Å². The first-order valence-electron chi connectivity index (χ1n) is 10.8. The summed E-state index contributed by atoms with van der Waals surface area (Å²) in [5.41, 5.74) is 0. The van der Waals surface area contributed by atoms with E-state index in [2.05, 4.69) is 0 Å². The van der Waals surface area contributed by atoms with Crippen LogP contribution in [0.15, 0.2) is 0 Å². The number of hydrogen-bond acceptors (Lipinski definition) is 13. The summed E-state index contributed by atoms with van der Waals surface area (Å²) >= 11 is 0. The van der Waals surface area contributed by atoms with Crippen molar-refractivity contribution in [1.82, 2.24) is 0 Å². The van der Waals surface area contributed by atoms with E-state index < -0.39 is 91.4 Å². The average Bonchev–Trinajstić information content (AvgIpc) is 3.03. The van der Waals surface area contributed by atoms with E-state index in [0.29, 0.717) is 6.42 Å². The number of carbonyl (C=O) groups is 5. The number of fused-ring (bicyclic) bond motifs is 2. The van der Waals surface area contributed by atoms with Crippen molar-refractivity contribution in [2.75, 3.05) is 6.61 Å². The molecule has 190 valence electrons. The second kappa shape index (κ2) is 10.7. The van der Waals surface area contributed by atoms with Crippen molar-refractivity contribution in [2.45, 2.75) is 89.6 Å². The van der Waals surface area contributed by atoms with Gasteiger partial charge in [0.2, 0.25) is 0 Å². The van der Waals surface area contributed by atoms with Gasteiger partial charge in [0.1, 0.15) is 18.8 Å². The molecule has 13 heteroatoms. The molecule has 2 bridgehead atoms. The Hall–Kier alpha value is -2.77. The Morgan fingerprint density at radius 3 is 2.06 bits per heavy atom. The molecule has 0 aromatic rings. The van der Waals surface area contributed by atoms with Gasteiger partial charge in [-0.2, -0.15) is 0 Å². The molecule has 3 aliphatic rings. The standard InChI is InChI=1S/C21H28O13/c1-8(22)28-7-15-17(29-9(2)23)18(30-10(3)24)19(31-11(4)25)21(34-15)33-14-6-12-5-13(16(14)26)20(27)32-12/h12-19,21,26H,5-7H2,1-4H3/t12-,13+,14-,15+,16-,17+,18-,19+,21+/m0/s1. The van der Waals surface area contributed by atoms with E-state index in [0.717, 1.165) is 27.7 Å². The Bertz CT molecular complexity index is 825. The summed E-state index contributed by atoms with van der Waals surface area (Å²) in [6.07, 6.45) is -8.87. The minimum atomic E-state index is -1.44. The molecule has 34 heavy (non-hydrogen) atoms. The van der Waals surface area contributed by atoms with E-state index in [9.17, 15) is 29.1 Å². The fourth-order valence-electron chi connectivity index (χ4n) is 4.37. The molecule has 13 nitrogen and oxygen atoms in total. The zero-order valence-electron chi connectivity index (χ0n) is 19.2. The number of esters is 5. The SMILES string of the molecule is CC(=O)OC[C@H]1O[C@@H](O[C@H]2C[C@@H]3C[C@@H](C(=O)O3)[C@@H]2O)[C@H](OC(C)=O)[C@@H](OC(C)=O)[C@@H]1OC(C)=O. The summed E-state index contributed by atoms with van der Waals surface area (Å²) in [5.74, 6) is -4.28. The Balaban J connectivity index is 1.92. The summed E-state index contributed by atoms with van der Waals surface area (Å²) in [4.78, 5) is 58.8. The highest BCUT2D eigenvalue weighted by Crippen LogP contribution is 2.38. The fourth-order valence-corrected chi connectivity index (χ4v) is 4.37. The molecule has 1 N–H and O–H groups in total. The largest absolute Gasteiger partial charge is 0.463 e. The topological polar surface area (TPSA) is 170 Å². The monoisotopic (exact) mass is 488 g/mol. The van der Waals surface area contributed by atoms with Crippen molar-refractivity contribution in [3.63, 3.8) is 0 Å². The maximum absolute atomic E-state index is 11.9. The van der Waals surface area contributed by atoms with Crippen molar-refractivity contribution >= 4 is 29.8 Å². The van der Waals surface area contributed by atoms with Gasteiger partial charge >= 0.3 is 29.8 Å². The molecule has 0 unspecified atom stereocenters. The number of aliphatic hydroxyl groups is 1. The maximum atomic E-state index is 11.9. The minimum absolute atomic E-state index is 0.149. The van der Waals surface area contributed by atoms with Gasteiger partial charge in [-0.3, -0.25) is 24.0 Å². The van der Waals surface area contributed by atoms with Gasteiger partial charge in [0.15, 0.2) is 24.6 Å². The molecular formula is C21H28O13. The third-order valence-corrected chi connectivity index (χ3v) is 5.65. The van der Waals surface area contributed by atoms with Crippen LogP contribution in [0, 0.1) is 5.92 Å². The van der Waals surface area contributed by atoms with Gasteiger partial charge in [0.05, 0.1) is 18.1 Å². The number of aliphatic hydroxyl groups excluding tert-OH is 1. The first-order valence-corrected chi connectivity index (χ1v) is 10.8. The molecule has 0 aromatic heterocycles. The van der Waals surface area contributed by atoms with Gasteiger partial charge in [0, 0.05) is 40.5 Å². The summed E-state index contributed by atoms with van der Waals surface area (Å²) < 4.78 is 38.0. The zero-order chi connectivity index (χ0) is 25.2. The molecule has 3 rings (SSSR count). The lowest BCUT2D eigenvalue weighted by Gasteiger charge is -2.45. The molecule has 0 radical (unpaired) electrons. The Morgan fingerprint density at radius 2 is 1.47 bits per heavy atom. The third-order valence-electron chi connectivity index (χ3n) is 5.65. The van der Waals surface area contributed by atoms with E-state index >= 15 is 0 Å². The lowest BCUT2D eigenvalue weighted by molar-refractivity contribution is -0.324. The summed E-state index contributed by atoms with van der Waals surface area (Å²) in [7, 11) is 0. The molecule has 9 atom stereocenters. The Labute approximate surface area is 194 Å². The van der Waals surface area contributed by atoms with E-state index in [1.54, 1.807) is 0 Å². The van der Waals surface area contributed by atoms with Crippen LogP contribution in [-0.2, 0) is 57.1 Å². The van der Waals surface area contributed by atoms with Crippen LogP contribution in [0.4, 0.5) is 0 Å². The first kappa shape index (κ1) is 25.8. The van der Waals surface area contributed by atoms with Gasteiger partial charge in [0.25, 0.3) is 0 Å². The second-order valence-electron chi connectivity index (χ2n) is 8.37. The van der Waals surface area contributed by atoms with Crippen molar-refractivity contribution < 1.29 is 62.2 Å². The van der Waals surface area contributed by atoms with Crippen LogP contribution in [0.1, 0.15) is 40.5 Å². The number of ether oxygens (including phenoxy) is 7. The highest BCUT2D eigenvalue weighted by Gasteiger charge is 2.55. The number of hydrogen-bond donors (Lipinski definition) is 1. The van der Waals surface area contributed by atoms with Crippen LogP contribution in [0.2, 0.25) is 0 Å². The second-order valence-corrected chi connectivity index (χ2v) is 8.37. The molecule has 2 saturated heterocycles. The Morgan fingerprint density at radius 1 is 0.882 bits per heavy atom. The van der Waals surface area contributed by atoms with Gasteiger partial charge in [-0.25, -0.2) is 0 Å². The van der Waals surface area contributed by atoms with Crippen LogP contribution < -0.4 is 0 Å². The van der Waals surface area contributed by atoms with E-state index in [1.807, 2.05) is 0 Å². The van der Waals surface area contributed by atoms with Crippen LogP contribution in [-0.4, -0.2) is 90.6 Å². The molecule has 2 aliphatic heterocycles. The van der Waals surface area contributed by atoms with Gasteiger partial charge < -0.3 is 38.3 Å². The summed E-state index contributed by atoms with van der Waals surface area (Å²) in [6.45, 7) is 4.08. The van der Waals surface area contributed by atoms with Crippen LogP contribution >= 0.6 is 0 Å². The van der Waals surface area contributed by atoms with Crippen molar-refractivity contribution in [3.8, 4) is 0 Å². The highest BCUT2D eigenvalue weighted by atomic mass is 16.7. The molecule has 0 amide bonds. The molecule has 3 fully saturated rings. The van der Waals surface area contributed by atoms with Gasteiger partial charge in [-0.05, 0) is 0 Å². The normalized spacial score (nSPS) is 36.7. The number of carbonyl (C=O) groups excluding carboxylic acids is 5. The van der Waals surface area contributed by atoms with Crippen molar-refractivity contribution in [2.24, 2.45) is 5.92 Å². The minimum Gasteiger partial charge on any atom is -0.463 e. The zero-order valence-corrected chi connectivity index (χ0v) is 19.2. The van der Waals surface area contributed by atoms with E-state index in [4.69, 9.17) is 33.2 Å². The predicted octanol–water partition coefficient (Wildman–Crippen LogP) is -0.849. The average molecular weight is 488 g/mol. The summed E-state index contributed by atoms with van der Waals surface area (Å²) in [6, 6.07) is 0. The van der Waals surface area contributed by atoms with Crippen LogP contribution in [0.3, 0.4) is 0 Å². The molecular weight excluding hydrogens is 460 g/mol. The summed E-state index contributed by atoms with van der Waals surface area (Å²) in [5, 5.41) is 10.6. The number of rotatable bonds is 7. The van der Waals surface area contributed by atoms with Crippen LogP contribution in [0.25, 0.3) is 0 Å². The predicted molar refractivity (Wildman–Crippen MR) is 105 cm³/mol. The first-order chi connectivity index (χ1) is 16.0. The van der Waals surface area contributed by atoms with Gasteiger partial charge in [-0.15, -0.1) is 0 Å². The highest BCUT2D eigenvalue weighted by molar-refractivity contribution is 5.76. The quantitative estimate of drug-likeness (QED) is 0.347. The lowest BCUT2D eigenvalue weighted by Crippen LogP contribution is -2.64. The molecule has 0 aromatic carbocycles. The smallest absolute Gasteiger partial charge is 0.312 e. The Kier molecular flexibility index (Phi) is 8.10.